The Bertz CT molecular complexity index is 846. The number of ether oxygens (including phenoxy) is 1. The number of nitrogens with zero attached hydrogens (tertiary/aromatic N) is 4. The second kappa shape index (κ2) is 8.21. The van der Waals surface area contributed by atoms with Crippen LogP contribution in [0.15, 0.2) is 29.1 Å². The molecular weight excluding hydrogens is 344 g/mol. The molecule has 2 heterocycles. The van der Waals surface area contributed by atoms with Crippen LogP contribution in [0.25, 0.3) is 0 Å². The van der Waals surface area contributed by atoms with Crippen LogP contribution in [-0.2, 0) is 26.7 Å². The predicted octanol–water partition coefficient (Wildman–Crippen LogP) is 0.906. The standard InChI is InChI=1S/C20H28N4O3/c1-14-21-19-12-24(11-18(19)20(26)23(14)4)9-15-5-7-17(8-6-15)27-13-16(25)10-22(2)3/h5-8,16,25H,9-13H2,1-4H3. The zero-order valence-electron chi connectivity index (χ0n) is 16.5. The van der Waals surface area contributed by atoms with E-state index in [4.69, 9.17) is 4.74 Å². The van der Waals surface area contributed by atoms with Crippen molar-refractivity contribution in [3.05, 3.63) is 57.3 Å². The minimum Gasteiger partial charge on any atom is -0.491 e. The van der Waals surface area contributed by atoms with Crippen molar-refractivity contribution in [2.75, 3.05) is 27.2 Å². The number of hydrogen-bond donors (Lipinski definition) is 1. The maximum absolute atomic E-state index is 12.4. The van der Waals surface area contributed by atoms with Crippen molar-refractivity contribution >= 4 is 0 Å². The van der Waals surface area contributed by atoms with E-state index < -0.39 is 6.10 Å². The van der Waals surface area contributed by atoms with E-state index in [1.807, 2.05) is 50.2 Å². The molecule has 1 N–H and O–H groups in total. The van der Waals surface area contributed by atoms with Gasteiger partial charge in [0, 0.05) is 33.2 Å². The highest BCUT2D eigenvalue weighted by atomic mass is 16.5. The minimum absolute atomic E-state index is 0.0556. The molecule has 7 heteroatoms. The molecule has 1 aliphatic heterocycles. The Morgan fingerprint density at radius 2 is 1.96 bits per heavy atom. The third kappa shape index (κ3) is 4.74. The Hall–Kier alpha value is -2.22. The number of aliphatic hydroxyl groups excluding tert-OH is 1. The molecular formula is C20H28N4O3. The molecule has 3 rings (SSSR count). The van der Waals surface area contributed by atoms with E-state index >= 15 is 0 Å². The molecule has 0 amide bonds. The van der Waals surface area contributed by atoms with Gasteiger partial charge in [0.15, 0.2) is 0 Å². The summed E-state index contributed by atoms with van der Waals surface area (Å²) in [6, 6.07) is 7.88. The molecule has 0 saturated carbocycles. The van der Waals surface area contributed by atoms with E-state index in [0.717, 1.165) is 34.9 Å². The van der Waals surface area contributed by atoms with Gasteiger partial charge in [0.25, 0.3) is 5.56 Å². The molecule has 27 heavy (non-hydrogen) atoms. The number of aryl methyl sites for hydroxylation is 1. The van der Waals surface area contributed by atoms with Crippen LogP contribution in [0.3, 0.4) is 0 Å². The van der Waals surface area contributed by atoms with Crippen molar-refractivity contribution in [3.8, 4) is 5.75 Å². The van der Waals surface area contributed by atoms with Gasteiger partial charge in [0.1, 0.15) is 24.3 Å². The molecule has 2 aromatic rings. The molecule has 0 bridgehead atoms. The Morgan fingerprint density at radius 1 is 1.26 bits per heavy atom. The summed E-state index contributed by atoms with van der Waals surface area (Å²) in [5.74, 6) is 1.49. The van der Waals surface area contributed by atoms with Gasteiger partial charge in [-0.2, -0.15) is 0 Å². The quantitative estimate of drug-likeness (QED) is 0.779. The molecule has 0 saturated heterocycles. The highest BCUT2D eigenvalue weighted by molar-refractivity contribution is 5.28. The first kappa shape index (κ1) is 19.5. The lowest BCUT2D eigenvalue weighted by Crippen LogP contribution is -2.30. The van der Waals surface area contributed by atoms with Crippen LogP contribution in [0.5, 0.6) is 5.75 Å². The monoisotopic (exact) mass is 372 g/mol. The number of rotatable bonds is 7. The van der Waals surface area contributed by atoms with Crippen LogP contribution in [0.1, 0.15) is 22.6 Å². The number of likely N-dealkylation sites (N-methyl/N-ethyl adjacent to an activating group) is 1. The molecule has 1 aliphatic rings. The molecule has 1 aromatic heterocycles. The van der Waals surface area contributed by atoms with E-state index in [9.17, 15) is 9.90 Å². The van der Waals surface area contributed by atoms with Gasteiger partial charge in [-0.05, 0) is 38.7 Å². The number of fused-ring (bicyclic) bond motifs is 1. The van der Waals surface area contributed by atoms with E-state index in [1.54, 1.807) is 11.6 Å². The smallest absolute Gasteiger partial charge is 0.258 e. The SMILES string of the molecule is Cc1nc2c(c(=O)n1C)CN(Cc1ccc(OCC(O)CN(C)C)cc1)C2. The lowest BCUT2D eigenvalue weighted by Gasteiger charge is -2.17. The first-order valence-electron chi connectivity index (χ1n) is 9.15. The molecule has 1 atom stereocenters. The van der Waals surface area contributed by atoms with Crippen LogP contribution in [0.4, 0.5) is 0 Å². The minimum atomic E-state index is -0.513. The van der Waals surface area contributed by atoms with Gasteiger partial charge in [-0.1, -0.05) is 12.1 Å². The van der Waals surface area contributed by atoms with Crippen LogP contribution < -0.4 is 10.3 Å². The third-order valence-electron chi connectivity index (χ3n) is 4.80. The van der Waals surface area contributed by atoms with E-state index in [0.29, 0.717) is 19.6 Å². The predicted molar refractivity (Wildman–Crippen MR) is 104 cm³/mol. The third-order valence-corrected chi connectivity index (χ3v) is 4.80. The van der Waals surface area contributed by atoms with Gasteiger partial charge in [-0.15, -0.1) is 0 Å². The second-order valence-corrected chi connectivity index (χ2v) is 7.46. The number of hydrogen-bond acceptors (Lipinski definition) is 6. The molecule has 1 aromatic carbocycles. The zero-order chi connectivity index (χ0) is 19.6. The van der Waals surface area contributed by atoms with Crippen LogP contribution >= 0.6 is 0 Å². The average molecular weight is 372 g/mol. The summed E-state index contributed by atoms with van der Waals surface area (Å²) in [4.78, 5) is 21.1. The molecule has 0 fully saturated rings. The second-order valence-electron chi connectivity index (χ2n) is 7.46. The summed E-state index contributed by atoms with van der Waals surface area (Å²) in [6.45, 7) is 4.78. The van der Waals surface area contributed by atoms with Crippen LogP contribution in [0, 0.1) is 6.92 Å². The van der Waals surface area contributed by atoms with Crippen molar-refractivity contribution in [1.29, 1.82) is 0 Å². The van der Waals surface area contributed by atoms with Gasteiger partial charge < -0.3 is 14.7 Å². The van der Waals surface area contributed by atoms with E-state index in [2.05, 4.69) is 9.88 Å². The molecule has 1 unspecified atom stereocenters. The van der Waals surface area contributed by atoms with Crippen molar-refractivity contribution in [2.24, 2.45) is 7.05 Å². The fourth-order valence-corrected chi connectivity index (χ4v) is 3.32. The number of aliphatic hydroxyl groups is 1. The Morgan fingerprint density at radius 3 is 2.63 bits per heavy atom. The Kier molecular flexibility index (Phi) is 5.94. The highest BCUT2D eigenvalue weighted by Crippen LogP contribution is 2.21. The maximum atomic E-state index is 12.4. The maximum Gasteiger partial charge on any atom is 0.258 e. The molecule has 0 aliphatic carbocycles. The molecule has 0 spiro atoms. The van der Waals surface area contributed by atoms with E-state index in [-0.39, 0.29) is 12.2 Å². The lowest BCUT2D eigenvalue weighted by atomic mass is 10.2. The van der Waals surface area contributed by atoms with Crippen molar-refractivity contribution in [3.63, 3.8) is 0 Å². The van der Waals surface area contributed by atoms with E-state index in [1.165, 1.54) is 0 Å². The summed E-state index contributed by atoms with van der Waals surface area (Å²) in [6.07, 6.45) is -0.513. The van der Waals surface area contributed by atoms with Gasteiger partial charge in [-0.25, -0.2) is 4.98 Å². The molecule has 0 radical (unpaired) electrons. The average Bonchev–Trinajstić information content (AvgIpc) is 3.01. The first-order chi connectivity index (χ1) is 12.8. The largest absolute Gasteiger partial charge is 0.491 e. The fourth-order valence-electron chi connectivity index (χ4n) is 3.32. The van der Waals surface area contributed by atoms with Gasteiger partial charge in [-0.3, -0.25) is 14.3 Å². The highest BCUT2D eigenvalue weighted by Gasteiger charge is 2.24. The molecule has 7 nitrogen and oxygen atoms in total. The summed E-state index contributed by atoms with van der Waals surface area (Å²) in [5, 5.41) is 9.87. The number of aromatic nitrogens is 2. The van der Waals surface area contributed by atoms with Gasteiger partial charge in [0.05, 0.1) is 11.3 Å². The van der Waals surface area contributed by atoms with Crippen molar-refractivity contribution < 1.29 is 9.84 Å². The van der Waals surface area contributed by atoms with Crippen molar-refractivity contribution in [2.45, 2.75) is 32.7 Å². The van der Waals surface area contributed by atoms with Crippen LogP contribution in [0.2, 0.25) is 0 Å². The Labute approximate surface area is 159 Å². The lowest BCUT2D eigenvalue weighted by molar-refractivity contribution is 0.0831. The number of benzene rings is 1. The summed E-state index contributed by atoms with van der Waals surface area (Å²) in [7, 11) is 5.60. The molecule has 146 valence electrons. The summed E-state index contributed by atoms with van der Waals surface area (Å²) >= 11 is 0. The zero-order valence-corrected chi connectivity index (χ0v) is 16.5. The van der Waals surface area contributed by atoms with Gasteiger partial charge >= 0.3 is 0 Å². The fraction of sp³-hybridized carbons (Fsp3) is 0.500. The first-order valence-corrected chi connectivity index (χ1v) is 9.15. The van der Waals surface area contributed by atoms with Gasteiger partial charge in [0.2, 0.25) is 0 Å². The Balaban J connectivity index is 1.56. The topological polar surface area (TPSA) is 70.8 Å². The van der Waals surface area contributed by atoms with Crippen molar-refractivity contribution in [1.82, 2.24) is 19.4 Å². The van der Waals surface area contributed by atoms with Crippen LogP contribution in [-0.4, -0.2) is 57.8 Å². The summed E-state index contributed by atoms with van der Waals surface area (Å²) in [5.41, 5.74) is 2.90. The summed E-state index contributed by atoms with van der Waals surface area (Å²) < 4.78 is 7.25. The normalized spacial score (nSPS) is 15.2.